The fourth-order valence-corrected chi connectivity index (χ4v) is 4.94. The molecule has 6 nitrogen and oxygen atoms in total. The van der Waals surface area contributed by atoms with Crippen molar-refractivity contribution in [2.75, 3.05) is 0 Å². The summed E-state index contributed by atoms with van der Waals surface area (Å²) in [6, 6.07) is 3.63. The molecule has 0 fully saturated rings. The third-order valence-corrected chi connectivity index (χ3v) is 6.37. The molecule has 0 amide bonds. The van der Waals surface area contributed by atoms with E-state index in [1.54, 1.807) is 6.07 Å². The summed E-state index contributed by atoms with van der Waals surface area (Å²) >= 11 is 0. The molecule has 1 heterocycles. The Morgan fingerprint density at radius 1 is 1.12 bits per heavy atom. The molecule has 2 aromatic rings. The van der Waals surface area contributed by atoms with Gasteiger partial charge in [-0.15, -0.1) is 0 Å². The zero-order valence-electron chi connectivity index (χ0n) is 14.7. The highest BCUT2D eigenvalue weighted by Crippen LogP contribution is 2.45. The molecule has 7 heteroatoms. The maximum atomic E-state index is 12.9. The summed E-state index contributed by atoms with van der Waals surface area (Å²) in [5.41, 5.74) is 2.37. The lowest BCUT2D eigenvalue weighted by molar-refractivity contribution is 0.0813. The Labute approximate surface area is 151 Å². The smallest absolute Gasteiger partial charge is 0.328 e. The molecule has 26 heavy (non-hydrogen) atoms. The number of hydrogen-bond donors (Lipinski definition) is 1. The normalized spacial score (nSPS) is 18.3. The summed E-state index contributed by atoms with van der Waals surface area (Å²) < 4.78 is 37.9. The molecular weight excluding hydrogens is 356 g/mol. The molecule has 0 saturated carbocycles. The van der Waals surface area contributed by atoms with Gasteiger partial charge in [0.25, 0.3) is 0 Å². The Morgan fingerprint density at radius 2 is 1.77 bits per heavy atom. The lowest BCUT2D eigenvalue weighted by Gasteiger charge is -2.34. The molecule has 136 valence electrons. The van der Waals surface area contributed by atoms with Crippen LogP contribution in [0.3, 0.4) is 0 Å². The molecule has 1 N–H and O–H groups in total. The molecule has 0 aliphatic heterocycles. The minimum absolute atomic E-state index is 0.0375. The standard InChI is InChI=1S/C19H18O6S/c1-9-13-15(20)16(21)14-10-5-4-8-19(2,3)12(10)7-6-11(14)17(13)25-18(9)26(22,23)24/h6-7H,4-5,8H2,1-3H3,(H,22,23,24). The second kappa shape index (κ2) is 5.14. The van der Waals surface area contributed by atoms with Crippen LogP contribution >= 0.6 is 0 Å². The fraction of sp³-hybridized carbons (Fsp3) is 0.368. The van der Waals surface area contributed by atoms with E-state index >= 15 is 0 Å². The third-order valence-electron chi connectivity index (χ3n) is 5.51. The largest absolute Gasteiger partial charge is 0.441 e. The van der Waals surface area contributed by atoms with Crippen molar-refractivity contribution < 1.29 is 27.0 Å². The minimum atomic E-state index is -4.64. The number of benzene rings is 1. The monoisotopic (exact) mass is 374 g/mol. The summed E-state index contributed by atoms with van der Waals surface area (Å²) in [4.78, 5) is 25.6. The van der Waals surface area contributed by atoms with Crippen LogP contribution in [0.15, 0.2) is 21.6 Å². The second-order valence-corrected chi connectivity index (χ2v) is 8.92. The van der Waals surface area contributed by atoms with E-state index in [0.29, 0.717) is 17.5 Å². The quantitative estimate of drug-likeness (QED) is 0.605. The molecule has 2 aliphatic carbocycles. The van der Waals surface area contributed by atoms with Crippen LogP contribution < -0.4 is 0 Å². The average molecular weight is 374 g/mol. The second-order valence-electron chi connectivity index (χ2n) is 7.60. The van der Waals surface area contributed by atoms with Gasteiger partial charge in [-0.2, -0.15) is 8.42 Å². The van der Waals surface area contributed by atoms with Crippen molar-refractivity contribution in [2.45, 2.75) is 50.5 Å². The molecule has 1 aromatic carbocycles. The van der Waals surface area contributed by atoms with Crippen molar-refractivity contribution >= 4 is 21.7 Å². The van der Waals surface area contributed by atoms with Gasteiger partial charge in [-0.3, -0.25) is 14.1 Å². The molecule has 2 aliphatic rings. The first-order chi connectivity index (χ1) is 12.0. The Morgan fingerprint density at radius 3 is 2.42 bits per heavy atom. The molecular formula is C19H18O6S. The van der Waals surface area contributed by atoms with Gasteiger partial charge in [0, 0.05) is 16.7 Å². The van der Waals surface area contributed by atoms with E-state index in [-0.39, 0.29) is 22.3 Å². The Bertz CT molecular complexity index is 1100. The van der Waals surface area contributed by atoms with E-state index in [2.05, 4.69) is 13.8 Å². The summed E-state index contributed by atoms with van der Waals surface area (Å²) in [5.74, 6) is -1.39. The first kappa shape index (κ1) is 17.2. The van der Waals surface area contributed by atoms with E-state index < -0.39 is 26.8 Å². The Balaban J connectivity index is 2.08. The summed E-state index contributed by atoms with van der Waals surface area (Å²) in [6.07, 6.45) is 2.57. The minimum Gasteiger partial charge on any atom is -0.441 e. The van der Waals surface area contributed by atoms with Crippen LogP contribution in [-0.2, 0) is 22.0 Å². The predicted octanol–water partition coefficient (Wildman–Crippen LogP) is 3.49. The number of carbonyl (C=O) groups is 2. The maximum absolute atomic E-state index is 12.9. The van der Waals surface area contributed by atoms with Crippen LogP contribution in [0.2, 0.25) is 0 Å². The summed E-state index contributed by atoms with van der Waals surface area (Å²) in [6.45, 7) is 5.56. The summed E-state index contributed by atoms with van der Waals surface area (Å²) in [5, 5.41) is -0.686. The number of ketones is 2. The number of hydrogen-bond acceptors (Lipinski definition) is 5. The average Bonchev–Trinajstić information content (AvgIpc) is 2.89. The van der Waals surface area contributed by atoms with Gasteiger partial charge in [0.1, 0.15) is 5.76 Å². The Kier molecular flexibility index (Phi) is 3.40. The fourth-order valence-electron chi connectivity index (χ4n) is 4.26. The van der Waals surface area contributed by atoms with Gasteiger partial charge in [-0.05, 0) is 42.7 Å². The van der Waals surface area contributed by atoms with E-state index in [9.17, 15) is 22.6 Å². The van der Waals surface area contributed by atoms with E-state index in [4.69, 9.17) is 4.42 Å². The zero-order valence-corrected chi connectivity index (χ0v) is 15.5. The SMILES string of the molecule is Cc1c(S(=O)(=O)O)oc2c1C(=O)C(=O)c1c-2ccc2c1CCCC2(C)C. The van der Waals surface area contributed by atoms with Crippen molar-refractivity contribution in [1.82, 2.24) is 0 Å². The van der Waals surface area contributed by atoms with Gasteiger partial charge in [-0.25, -0.2) is 0 Å². The number of fused-ring (bicyclic) bond motifs is 5. The number of rotatable bonds is 1. The predicted molar refractivity (Wildman–Crippen MR) is 93.3 cm³/mol. The van der Waals surface area contributed by atoms with Crippen LogP contribution in [0, 0.1) is 6.92 Å². The van der Waals surface area contributed by atoms with E-state index in [0.717, 1.165) is 24.0 Å². The Hall–Kier alpha value is -2.25. The van der Waals surface area contributed by atoms with E-state index in [1.165, 1.54) is 6.92 Å². The van der Waals surface area contributed by atoms with Gasteiger partial charge in [-0.1, -0.05) is 26.0 Å². The lowest BCUT2D eigenvalue weighted by Crippen LogP contribution is -2.29. The number of Topliss-reactive ketones (excluding diaryl/α,β-unsaturated/α-hetero) is 2. The van der Waals surface area contributed by atoms with E-state index in [1.807, 2.05) is 6.07 Å². The van der Waals surface area contributed by atoms with Crippen molar-refractivity contribution in [3.8, 4) is 11.3 Å². The lowest BCUT2D eigenvalue weighted by atomic mass is 9.69. The van der Waals surface area contributed by atoms with Gasteiger partial charge in [0.05, 0.1) is 5.56 Å². The highest BCUT2D eigenvalue weighted by atomic mass is 32.2. The highest BCUT2D eigenvalue weighted by molar-refractivity contribution is 7.85. The molecule has 0 atom stereocenters. The third kappa shape index (κ3) is 2.17. The van der Waals surface area contributed by atoms with Crippen LogP contribution in [0.25, 0.3) is 11.3 Å². The molecule has 0 saturated heterocycles. The van der Waals surface area contributed by atoms with Crippen molar-refractivity contribution in [2.24, 2.45) is 0 Å². The van der Waals surface area contributed by atoms with Crippen molar-refractivity contribution in [1.29, 1.82) is 0 Å². The number of carbonyl (C=O) groups excluding carboxylic acids is 2. The molecule has 1 aromatic heterocycles. The van der Waals surface area contributed by atoms with Crippen LogP contribution in [0.1, 0.15) is 64.1 Å². The molecule has 0 spiro atoms. The molecule has 4 rings (SSSR count). The highest BCUT2D eigenvalue weighted by Gasteiger charge is 2.41. The van der Waals surface area contributed by atoms with Crippen LogP contribution in [0.4, 0.5) is 0 Å². The first-order valence-corrected chi connectivity index (χ1v) is 9.84. The number of furan rings is 1. The zero-order chi connectivity index (χ0) is 19.0. The van der Waals surface area contributed by atoms with Gasteiger partial charge in [0.2, 0.25) is 16.7 Å². The van der Waals surface area contributed by atoms with Gasteiger partial charge in [0.15, 0.2) is 0 Å². The molecule has 0 radical (unpaired) electrons. The van der Waals surface area contributed by atoms with Gasteiger partial charge >= 0.3 is 10.1 Å². The molecule has 0 bridgehead atoms. The van der Waals surface area contributed by atoms with Crippen LogP contribution in [-0.4, -0.2) is 24.5 Å². The maximum Gasteiger partial charge on any atom is 0.328 e. The first-order valence-electron chi connectivity index (χ1n) is 8.40. The van der Waals surface area contributed by atoms with Crippen molar-refractivity contribution in [3.05, 3.63) is 39.9 Å². The topological polar surface area (TPSA) is 102 Å². The van der Waals surface area contributed by atoms with Gasteiger partial charge < -0.3 is 4.42 Å². The molecule has 0 unspecified atom stereocenters. The van der Waals surface area contributed by atoms with Crippen molar-refractivity contribution in [3.63, 3.8) is 0 Å². The summed E-state index contributed by atoms with van der Waals surface area (Å²) in [7, 11) is -4.64. The van der Waals surface area contributed by atoms with Crippen LogP contribution in [0.5, 0.6) is 0 Å².